The smallest absolute Gasteiger partial charge is 0.129 e. The molecule has 0 radical (unpaired) electrons. The summed E-state index contributed by atoms with van der Waals surface area (Å²) in [6.45, 7) is 10.3. The van der Waals surface area contributed by atoms with Crippen molar-refractivity contribution in [3.05, 3.63) is 82.6 Å². The fraction of sp³-hybridized carbons (Fsp3) is 0.308. The molecule has 0 amide bonds. The predicted molar refractivity (Wildman–Crippen MR) is 134 cm³/mol. The van der Waals surface area contributed by atoms with Crippen LogP contribution in [-0.4, -0.2) is 30.5 Å². The molecule has 0 atom stereocenters. The molecule has 3 aromatic rings. The standard InChI is InChI=1S/C18H12ClN.C6H13N3.C2H6/c1-11-16-9-13(8-12-6-7-17(19)20-10-12)14-4-2-3-5-15(14)18(11)16;7-5-9-6-1-3-8-4-2-6;1-2/h2-7,9-10H,1,8H2;5-6,8H,1-4H2,(H2,7,9);1-2H3. The lowest BCUT2D eigenvalue weighted by molar-refractivity contribution is 0.460. The van der Waals surface area contributed by atoms with Gasteiger partial charge in [-0.25, -0.2) is 4.98 Å². The quantitative estimate of drug-likeness (QED) is 0.250. The number of nitrogens with zero attached hydrogens (tertiary/aromatic N) is 2. The molecule has 4 nitrogen and oxygen atoms in total. The average Bonchev–Trinajstić information content (AvgIpc) is 3.48. The Morgan fingerprint density at radius 3 is 2.52 bits per heavy atom. The number of nitrogens with one attached hydrogen (secondary N) is 1. The van der Waals surface area contributed by atoms with Gasteiger partial charge in [0.25, 0.3) is 0 Å². The van der Waals surface area contributed by atoms with Crippen molar-refractivity contribution < 1.29 is 0 Å². The van der Waals surface area contributed by atoms with E-state index in [4.69, 9.17) is 17.3 Å². The first-order valence-electron chi connectivity index (χ1n) is 11.0. The minimum absolute atomic E-state index is 0.483. The van der Waals surface area contributed by atoms with Crippen molar-refractivity contribution >= 4 is 34.3 Å². The summed E-state index contributed by atoms with van der Waals surface area (Å²) in [5, 5.41) is 6.41. The van der Waals surface area contributed by atoms with Gasteiger partial charge in [0, 0.05) is 6.20 Å². The van der Waals surface area contributed by atoms with E-state index in [9.17, 15) is 0 Å². The van der Waals surface area contributed by atoms with E-state index >= 15 is 0 Å². The van der Waals surface area contributed by atoms with Crippen molar-refractivity contribution in [1.29, 1.82) is 0 Å². The van der Waals surface area contributed by atoms with E-state index < -0.39 is 0 Å². The summed E-state index contributed by atoms with van der Waals surface area (Å²) in [6.07, 6.45) is 6.39. The number of rotatable bonds is 3. The van der Waals surface area contributed by atoms with Crippen LogP contribution >= 0.6 is 11.6 Å². The zero-order valence-electron chi connectivity index (χ0n) is 18.4. The average molecular weight is 435 g/mol. The Bertz CT molecular complexity index is 1050. The highest BCUT2D eigenvalue weighted by Gasteiger charge is 2.26. The van der Waals surface area contributed by atoms with Gasteiger partial charge in [0.1, 0.15) is 5.15 Å². The number of pyridine rings is 1. The summed E-state index contributed by atoms with van der Waals surface area (Å²) < 4.78 is 0. The number of halogens is 1. The molecule has 5 heteroatoms. The highest BCUT2D eigenvalue weighted by Crippen LogP contribution is 2.47. The zero-order valence-corrected chi connectivity index (χ0v) is 19.1. The van der Waals surface area contributed by atoms with E-state index in [2.05, 4.69) is 52.2 Å². The minimum Gasteiger partial charge on any atom is -0.390 e. The van der Waals surface area contributed by atoms with Gasteiger partial charge in [0.05, 0.1) is 12.4 Å². The number of aromatic nitrogens is 1. The Kier molecular flexibility index (Phi) is 8.21. The van der Waals surface area contributed by atoms with Crippen LogP contribution in [0.2, 0.25) is 5.15 Å². The number of benzene rings is 2. The summed E-state index contributed by atoms with van der Waals surface area (Å²) >= 11 is 5.84. The summed E-state index contributed by atoms with van der Waals surface area (Å²) in [5.41, 5.74) is 11.5. The third-order valence-corrected chi connectivity index (χ3v) is 5.71. The van der Waals surface area contributed by atoms with E-state index in [-0.39, 0.29) is 0 Å². The Hall–Kier alpha value is -2.69. The molecule has 0 unspecified atom stereocenters. The number of fused-ring (bicyclic) bond motifs is 3. The van der Waals surface area contributed by atoms with E-state index in [0.29, 0.717) is 11.2 Å². The summed E-state index contributed by atoms with van der Waals surface area (Å²) in [7, 11) is 0. The van der Waals surface area contributed by atoms with Crippen molar-refractivity contribution in [3.63, 3.8) is 0 Å². The topological polar surface area (TPSA) is 63.3 Å². The van der Waals surface area contributed by atoms with Crippen LogP contribution in [0.5, 0.6) is 0 Å². The first-order valence-corrected chi connectivity index (χ1v) is 11.3. The van der Waals surface area contributed by atoms with Crippen LogP contribution in [0.25, 0.3) is 16.3 Å². The van der Waals surface area contributed by atoms with Gasteiger partial charge in [0.2, 0.25) is 0 Å². The van der Waals surface area contributed by atoms with Gasteiger partial charge in [0.15, 0.2) is 0 Å². The fourth-order valence-corrected chi connectivity index (χ4v) is 4.01. The number of hydrogen-bond donors (Lipinski definition) is 2. The number of hydrogen-bond acceptors (Lipinski definition) is 3. The Balaban J connectivity index is 0.000000209. The highest BCUT2D eigenvalue weighted by molar-refractivity contribution is 6.29. The van der Waals surface area contributed by atoms with Gasteiger partial charge in [-0.1, -0.05) is 62.4 Å². The number of aliphatic imine (C=N–C) groups is 1. The van der Waals surface area contributed by atoms with Gasteiger partial charge in [-0.2, -0.15) is 0 Å². The van der Waals surface area contributed by atoms with E-state index in [1.54, 1.807) is 0 Å². The van der Waals surface area contributed by atoms with E-state index in [1.165, 1.54) is 44.9 Å². The molecule has 0 bridgehead atoms. The molecule has 5 rings (SSSR count). The molecule has 1 aliphatic heterocycles. The molecular formula is C26H31ClN4. The van der Waals surface area contributed by atoms with Gasteiger partial charge >= 0.3 is 0 Å². The maximum absolute atomic E-state index is 5.84. The van der Waals surface area contributed by atoms with Crippen LogP contribution in [0.1, 0.15) is 48.9 Å². The lowest BCUT2D eigenvalue weighted by Crippen LogP contribution is -2.30. The van der Waals surface area contributed by atoms with Crippen LogP contribution in [0, 0.1) is 0 Å². The maximum Gasteiger partial charge on any atom is 0.129 e. The SMILES string of the molecule is C=C1c2cc(Cc3ccc(Cl)nc3)c3ccccc3c21.CC.NC=NC1CCNCC1. The maximum atomic E-state index is 5.84. The van der Waals surface area contributed by atoms with Gasteiger partial charge in [-0.15, -0.1) is 0 Å². The second-order valence-electron chi connectivity index (χ2n) is 7.43. The Morgan fingerprint density at radius 1 is 1.16 bits per heavy atom. The van der Waals surface area contributed by atoms with Crippen molar-refractivity contribution in [3.8, 4) is 0 Å². The van der Waals surface area contributed by atoms with Gasteiger partial charge < -0.3 is 11.1 Å². The monoisotopic (exact) mass is 434 g/mol. The lowest BCUT2D eigenvalue weighted by atomic mass is 9.99. The molecular weight excluding hydrogens is 404 g/mol. The largest absolute Gasteiger partial charge is 0.390 e. The van der Waals surface area contributed by atoms with Crippen molar-refractivity contribution in [2.75, 3.05) is 13.1 Å². The normalized spacial score (nSPS) is 15.0. The molecule has 2 aromatic carbocycles. The molecule has 1 fully saturated rings. The predicted octanol–water partition coefficient (Wildman–Crippen LogP) is 5.61. The Morgan fingerprint density at radius 2 is 1.87 bits per heavy atom. The number of nitrogens with two attached hydrogens (primary N) is 1. The first-order chi connectivity index (χ1) is 15.2. The van der Waals surface area contributed by atoms with Crippen molar-refractivity contribution in [2.24, 2.45) is 10.7 Å². The van der Waals surface area contributed by atoms with Gasteiger partial charge in [-0.05, 0) is 83.1 Å². The van der Waals surface area contributed by atoms with Crippen LogP contribution < -0.4 is 11.1 Å². The fourth-order valence-electron chi connectivity index (χ4n) is 3.90. The zero-order chi connectivity index (χ0) is 22.2. The third-order valence-electron chi connectivity index (χ3n) is 5.48. The molecule has 0 saturated carbocycles. The van der Waals surface area contributed by atoms with Crippen molar-refractivity contribution in [1.82, 2.24) is 10.3 Å². The molecule has 1 aromatic heterocycles. The molecule has 1 saturated heterocycles. The second kappa shape index (κ2) is 11.1. The number of piperidine rings is 1. The summed E-state index contributed by atoms with van der Waals surface area (Å²) in [5.74, 6) is 0. The molecule has 1 aliphatic carbocycles. The molecule has 2 heterocycles. The second-order valence-corrected chi connectivity index (χ2v) is 7.81. The van der Waals surface area contributed by atoms with Crippen LogP contribution in [0.15, 0.2) is 60.2 Å². The summed E-state index contributed by atoms with van der Waals surface area (Å²) in [4.78, 5) is 8.25. The summed E-state index contributed by atoms with van der Waals surface area (Å²) in [6, 6.07) is 15.1. The van der Waals surface area contributed by atoms with E-state index in [0.717, 1.165) is 32.4 Å². The molecule has 3 N–H and O–H groups in total. The molecule has 31 heavy (non-hydrogen) atoms. The van der Waals surface area contributed by atoms with Crippen molar-refractivity contribution in [2.45, 2.75) is 39.2 Å². The molecule has 2 aliphatic rings. The molecule has 0 spiro atoms. The molecule has 162 valence electrons. The first kappa shape index (κ1) is 23.0. The minimum atomic E-state index is 0.483. The van der Waals surface area contributed by atoms with Crippen LogP contribution in [0.3, 0.4) is 0 Å². The Labute approximate surface area is 190 Å². The lowest BCUT2D eigenvalue weighted by Gasteiger charge is -2.17. The highest BCUT2D eigenvalue weighted by atomic mass is 35.5. The van der Waals surface area contributed by atoms with E-state index in [1.807, 2.05) is 32.2 Å². The van der Waals surface area contributed by atoms with Crippen LogP contribution in [-0.2, 0) is 6.42 Å². The van der Waals surface area contributed by atoms with Gasteiger partial charge in [-0.3, -0.25) is 4.99 Å². The van der Waals surface area contributed by atoms with Crippen LogP contribution in [0.4, 0.5) is 0 Å². The third kappa shape index (κ3) is 5.72.